The highest BCUT2D eigenvalue weighted by atomic mass is 16.4. The highest BCUT2D eigenvalue weighted by Crippen LogP contribution is 2.20. The average Bonchev–Trinajstić information content (AvgIpc) is 2.29. The number of carboxylic acid groups (broad SMARTS) is 1. The largest absolute Gasteiger partial charge is 0.478 e. The summed E-state index contributed by atoms with van der Waals surface area (Å²) in [6.07, 6.45) is 3.47. The molecule has 1 fully saturated rings. The molecule has 3 N–H and O–H groups in total. The molecule has 5 nitrogen and oxygen atoms in total. The summed E-state index contributed by atoms with van der Waals surface area (Å²) < 4.78 is 0. The summed E-state index contributed by atoms with van der Waals surface area (Å²) in [5, 5.41) is 8.93. The van der Waals surface area contributed by atoms with Gasteiger partial charge in [0.05, 0.1) is 5.56 Å². The molecule has 16 heavy (non-hydrogen) atoms. The lowest BCUT2D eigenvalue weighted by atomic mass is 10.1. The van der Waals surface area contributed by atoms with Gasteiger partial charge in [-0.15, -0.1) is 0 Å². The first-order valence-electron chi connectivity index (χ1n) is 5.42. The summed E-state index contributed by atoms with van der Waals surface area (Å²) in [4.78, 5) is 17.2. The fourth-order valence-electron chi connectivity index (χ4n) is 1.95. The second-order valence-electron chi connectivity index (χ2n) is 3.99. The SMILES string of the molecule is Nc1cc(C(=O)O)cc(N2CCCCC2)n1. The molecule has 1 saturated heterocycles. The molecule has 0 spiro atoms. The van der Waals surface area contributed by atoms with Gasteiger partial charge in [0.15, 0.2) is 0 Å². The summed E-state index contributed by atoms with van der Waals surface area (Å²) in [6, 6.07) is 2.97. The Morgan fingerprint density at radius 3 is 2.62 bits per heavy atom. The van der Waals surface area contributed by atoms with Crippen molar-refractivity contribution in [2.24, 2.45) is 0 Å². The monoisotopic (exact) mass is 221 g/mol. The Bertz CT molecular complexity index is 400. The number of carbonyl (C=O) groups is 1. The predicted molar refractivity (Wildman–Crippen MR) is 61.7 cm³/mol. The number of nitrogens with zero attached hydrogens (tertiary/aromatic N) is 2. The molecular weight excluding hydrogens is 206 g/mol. The van der Waals surface area contributed by atoms with Crippen LogP contribution in [0.5, 0.6) is 0 Å². The minimum atomic E-state index is -0.965. The third-order valence-electron chi connectivity index (χ3n) is 2.76. The van der Waals surface area contributed by atoms with E-state index in [1.54, 1.807) is 6.07 Å². The van der Waals surface area contributed by atoms with Crippen molar-refractivity contribution in [3.8, 4) is 0 Å². The normalized spacial score (nSPS) is 16.1. The summed E-state index contributed by atoms with van der Waals surface area (Å²) in [5.41, 5.74) is 5.80. The molecule has 0 aromatic carbocycles. The third kappa shape index (κ3) is 2.24. The van der Waals surface area contributed by atoms with E-state index in [0.717, 1.165) is 25.9 Å². The van der Waals surface area contributed by atoms with Gasteiger partial charge in [0.1, 0.15) is 11.6 Å². The number of hydrogen-bond donors (Lipinski definition) is 2. The van der Waals surface area contributed by atoms with Crippen molar-refractivity contribution in [1.29, 1.82) is 0 Å². The molecule has 2 rings (SSSR count). The maximum absolute atomic E-state index is 10.9. The Hall–Kier alpha value is -1.78. The highest BCUT2D eigenvalue weighted by Gasteiger charge is 2.15. The second kappa shape index (κ2) is 4.38. The van der Waals surface area contributed by atoms with E-state index in [4.69, 9.17) is 10.8 Å². The van der Waals surface area contributed by atoms with E-state index in [1.165, 1.54) is 12.5 Å². The minimum Gasteiger partial charge on any atom is -0.478 e. The van der Waals surface area contributed by atoms with Crippen LogP contribution in [0.2, 0.25) is 0 Å². The van der Waals surface area contributed by atoms with E-state index >= 15 is 0 Å². The molecule has 0 unspecified atom stereocenters. The van der Waals surface area contributed by atoms with Gasteiger partial charge in [-0.1, -0.05) is 0 Å². The Morgan fingerprint density at radius 1 is 1.31 bits per heavy atom. The van der Waals surface area contributed by atoms with E-state index < -0.39 is 5.97 Å². The van der Waals surface area contributed by atoms with Crippen LogP contribution in [0, 0.1) is 0 Å². The van der Waals surface area contributed by atoms with Crippen molar-refractivity contribution in [3.63, 3.8) is 0 Å². The molecular formula is C11H15N3O2. The molecule has 1 aliphatic rings. The summed E-state index contributed by atoms with van der Waals surface area (Å²) in [6.45, 7) is 1.85. The van der Waals surface area contributed by atoms with E-state index in [1.807, 2.05) is 0 Å². The van der Waals surface area contributed by atoms with Crippen LogP contribution in [0.15, 0.2) is 12.1 Å². The van der Waals surface area contributed by atoms with Gasteiger partial charge in [-0.05, 0) is 31.4 Å². The zero-order valence-electron chi connectivity index (χ0n) is 9.02. The zero-order valence-corrected chi connectivity index (χ0v) is 9.02. The average molecular weight is 221 g/mol. The first kappa shape index (κ1) is 10.7. The molecule has 0 bridgehead atoms. The maximum atomic E-state index is 10.9. The van der Waals surface area contributed by atoms with E-state index in [-0.39, 0.29) is 11.4 Å². The van der Waals surface area contributed by atoms with Gasteiger partial charge in [-0.25, -0.2) is 9.78 Å². The van der Waals surface area contributed by atoms with Crippen molar-refractivity contribution >= 4 is 17.6 Å². The van der Waals surface area contributed by atoms with E-state index in [0.29, 0.717) is 5.82 Å². The van der Waals surface area contributed by atoms with Crippen LogP contribution in [0.3, 0.4) is 0 Å². The lowest BCUT2D eigenvalue weighted by molar-refractivity contribution is 0.0697. The van der Waals surface area contributed by atoms with Crippen molar-refractivity contribution < 1.29 is 9.90 Å². The van der Waals surface area contributed by atoms with E-state index in [9.17, 15) is 4.79 Å². The Labute approximate surface area is 93.9 Å². The van der Waals surface area contributed by atoms with Gasteiger partial charge in [0.2, 0.25) is 0 Å². The predicted octanol–water partition coefficient (Wildman–Crippen LogP) is 1.35. The lowest BCUT2D eigenvalue weighted by Crippen LogP contribution is -2.30. The molecule has 0 radical (unpaired) electrons. The van der Waals surface area contributed by atoms with Crippen molar-refractivity contribution in [3.05, 3.63) is 17.7 Å². The second-order valence-corrected chi connectivity index (χ2v) is 3.99. The van der Waals surface area contributed by atoms with Crippen LogP contribution < -0.4 is 10.6 Å². The van der Waals surface area contributed by atoms with Crippen LogP contribution in [-0.2, 0) is 0 Å². The number of nitrogen functional groups attached to an aromatic ring is 1. The number of aromatic carboxylic acids is 1. The smallest absolute Gasteiger partial charge is 0.335 e. The number of piperidine rings is 1. The number of hydrogen-bond acceptors (Lipinski definition) is 4. The van der Waals surface area contributed by atoms with Crippen molar-refractivity contribution in [1.82, 2.24) is 4.98 Å². The van der Waals surface area contributed by atoms with Gasteiger partial charge < -0.3 is 15.7 Å². The topological polar surface area (TPSA) is 79.5 Å². The Balaban J connectivity index is 2.28. The van der Waals surface area contributed by atoms with Crippen LogP contribution in [-0.4, -0.2) is 29.1 Å². The molecule has 0 amide bonds. The van der Waals surface area contributed by atoms with Gasteiger partial charge in [0, 0.05) is 13.1 Å². The first-order chi connectivity index (χ1) is 7.66. The summed E-state index contributed by atoms with van der Waals surface area (Å²) in [7, 11) is 0. The van der Waals surface area contributed by atoms with Gasteiger partial charge in [-0.2, -0.15) is 0 Å². The molecule has 1 aromatic rings. The van der Waals surface area contributed by atoms with Crippen LogP contribution in [0.1, 0.15) is 29.6 Å². The first-order valence-corrected chi connectivity index (χ1v) is 5.42. The Kier molecular flexibility index (Phi) is 2.94. The van der Waals surface area contributed by atoms with Crippen LogP contribution >= 0.6 is 0 Å². The lowest BCUT2D eigenvalue weighted by Gasteiger charge is -2.28. The highest BCUT2D eigenvalue weighted by molar-refractivity contribution is 5.89. The molecule has 0 saturated carbocycles. The number of anilines is 2. The fraction of sp³-hybridized carbons (Fsp3) is 0.455. The van der Waals surface area contributed by atoms with E-state index in [2.05, 4.69) is 9.88 Å². The van der Waals surface area contributed by atoms with Crippen LogP contribution in [0.4, 0.5) is 11.6 Å². The van der Waals surface area contributed by atoms with Crippen LogP contribution in [0.25, 0.3) is 0 Å². The van der Waals surface area contributed by atoms with Gasteiger partial charge >= 0.3 is 5.97 Å². The summed E-state index contributed by atoms with van der Waals surface area (Å²) >= 11 is 0. The molecule has 1 aromatic heterocycles. The summed E-state index contributed by atoms with van der Waals surface area (Å²) in [5.74, 6) is -0.0232. The molecule has 86 valence electrons. The fourth-order valence-corrected chi connectivity index (χ4v) is 1.95. The molecule has 2 heterocycles. The number of nitrogens with two attached hydrogens (primary N) is 1. The van der Waals surface area contributed by atoms with Gasteiger partial charge in [0.25, 0.3) is 0 Å². The standard InChI is InChI=1S/C11H15N3O2/c12-9-6-8(11(15)16)7-10(13-9)14-4-2-1-3-5-14/h6-7H,1-5H2,(H2,12,13)(H,15,16). The molecule has 0 aliphatic carbocycles. The number of aromatic nitrogens is 1. The number of carboxylic acids is 1. The zero-order chi connectivity index (χ0) is 11.5. The minimum absolute atomic E-state index is 0.202. The van der Waals surface area contributed by atoms with Crippen molar-refractivity contribution in [2.45, 2.75) is 19.3 Å². The molecule has 5 heteroatoms. The number of rotatable bonds is 2. The third-order valence-corrected chi connectivity index (χ3v) is 2.76. The maximum Gasteiger partial charge on any atom is 0.335 e. The van der Waals surface area contributed by atoms with Crippen molar-refractivity contribution in [2.75, 3.05) is 23.7 Å². The quantitative estimate of drug-likeness (QED) is 0.788. The number of pyridine rings is 1. The molecule has 1 aliphatic heterocycles. The molecule has 0 atom stereocenters. The Morgan fingerprint density at radius 2 is 2.00 bits per heavy atom. The van der Waals surface area contributed by atoms with Gasteiger partial charge in [-0.3, -0.25) is 0 Å².